The van der Waals surface area contributed by atoms with E-state index in [2.05, 4.69) is 34.1 Å². The van der Waals surface area contributed by atoms with Crippen LogP contribution in [0.25, 0.3) is 5.69 Å². The molecule has 2 aromatic rings. The Bertz CT molecular complexity index is 641. The molecular weight excluding hydrogens is 262 g/mol. The number of imidazole rings is 1. The number of nitrogens with zero attached hydrogens (tertiary/aromatic N) is 2. The molecule has 21 heavy (non-hydrogen) atoms. The SMILES string of the molecule is CCOc1ccc(-n2c(C3CC3)nc3c2CCNC3)cc1. The summed E-state index contributed by atoms with van der Waals surface area (Å²) >= 11 is 0. The molecule has 0 spiro atoms. The largest absolute Gasteiger partial charge is 0.494 e. The van der Waals surface area contributed by atoms with Gasteiger partial charge in [0.1, 0.15) is 11.6 Å². The van der Waals surface area contributed by atoms with E-state index in [1.807, 2.05) is 6.92 Å². The lowest BCUT2D eigenvalue weighted by molar-refractivity contribution is 0.340. The van der Waals surface area contributed by atoms with Gasteiger partial charge < -0.3 is 14.6 Å². The van der Waals surface area contributed by atoms with Crippen LogP contribution in [0, 0.1) is 0 Å². The van der Waals surface area contributed by atoms with Crippen molar-refractivity contribution in [2.45, 2.75) is 38.6 Å². The quantitative estimate of drug-likeness (QED) is 0.938. The summed E-state index contributed by atoms with van der Waals surface area (Å²) in [5, 5.41) is 3.42. The number of hydrogen-bond donors (Lipinski definition) is 1. The van der Waals surface area contributed by atoms with Gasteiger partial charge in [0.05, 0.1) is 12.3 Å². The first-order valence-electron chi connectivity index (χ1n) is 7.91. The van der Waals surface area contributed by atoms with Crippen molar-refractivity contribution >= 4 is 0 Å². The summed E-state index contributed by atoms with van der Waals surface area (Å²) in [6, 6.07) is 8.42. The summed E-state index contributed by atoms with van der Waals surface area (Å²) < 4.78 is 7.94. The maximum absolute atomic E-state index is 5.55. The molecule has 1 aromatic carbocycles. The first-order valence-corrected chi connectivity index (χ1v) is 7.91. The number of fused-ring (bicyclic) bond motifs is 1. The molecule has 0 saturated heterocycles. The summed E-state index contributed by atoms with van der Waals surface area (Å²) in [4.78, 5) is 4.92. The number of nitrogens with one attached hydrogen (secondary N) is 1. The first-order chi connectivity index (χ1) is 10.4. The van der Waals surface area contributed by atoms with Crippen molar-refractivity contribution in [1.29, 1.82) is 0 Å². The summed E-state index contributed by atoms with van der Waals surface area (Å²) in [6.07, 6.45) is 3.61. The van der Waals surface area contributed by atoms with Crippen LogP contribution in [-0.4, -0.2) is 22.7 Å². The molecule has 0 atom stereocenters. The van der Waals surface area contributed by atoms with E-state index >= 15 is 0 Å². The smallest absolute Gasteiger partial charge is 0.119 e. The van der Waals surface area contributed by atoms with Crippen LogP contribution in [0.1, 0.15) is 42.9 Å². The Balaban J connectivity index is 1.77. The van der Waals surface area contributed by atoms with E-state index in [4.69, 9.17) is 9.72 Å². The molecule has 1 fully saturated rings. The Kier molecular flexibility index (Phi) is 3.19. The molecule has 2 heterocycles. The van der Waals surface area contributed by atoms with Gasteiger partial charge in [-0.3, -0.25) is 0 Å². The monoisotopic (exact) mass is 283 g/mol. The number of rotatable bonds is 4. The average Bonchev–Trinajstić information content (AvgIpc) is 3.29. The van der Waals surface area contributed by atoms with Crippen LogP contribution in [0.15, 0.2) is 24.3 Å². The molecule has 1 aliphatic heterocycles. The Morgan fingerprint density at radius 2 is 2.10 bits per heavy atom. The van der Waals surface area contributed by atoms with Gasteiger partial charge in [-0.05, 0) is 44.0 Å². The lowest BCUT2D eigenvalue weighted by atomic mass is 10.1. The van der Waals surface area contributed by atoms with E-state index in [-0.39, 0.29) is 0 Å². The predicted molar refractivity (Wildman–Crippen MR) is 82.1 cm³/mol. The van der Waals surface area contributed by atoms with Gasteiger partial charge in [0.15, 0.2) is 0 Å². The van der Waals surface area contributed by atoms with Gasteiger partial charge in [0.25, 0.3) is 0 Å². The normalized spacial score (nSPS) is 17.6. The number of hydrogen-bond acceptors (Lipinski definition) is 3. The van der Waals surface area contributed by atoms with E-state index in [0.29, 0.717) is 12.5 Å². The standard InChI is InChI=1S/C17H21N3O/c1-2-21-14-7-5-13(6-8-14)20-16-9-10-18-11-15(16)19-17(20)12-3-4-12/h5-8,12,18H,2-4,9-11H2,1H3. The third-order valence-corrected chi connectivity index (χ3v) is 4.26. The molecule has 4 heteroatoms. The van der Waals surface area contributed by atoms with Crippen molar-refractivity contribution in [2.24, 2.45) is 0 Å². The molecule has 2 aliphatic rings. The second kappa shape index (κ2) is 5.19. The van der Waals surface area contributed by atoms with E-state index < -0.39 is 0 Å². The lowest BCUT2D eigenvalue weighted by Crippen LogP contribution is -2.24. The van der Waals surface area contributed by atoms with Crippen molar-refractivity contribution in [3.63, 3.8) is 0 Å². The van der Waals surface area contributed by atoms with Gasteiger partial charge >= 0.3 is 0 Å². The first kappa shape index (κ1) is 12.9. The van der Waals surface area contributed by atoms with Gasteiger partial charge in [-0.15, -0.1) is 0 Å². The Labute approximate surface area is 125 Å². The fraction of sp³-hybridized carbons (Fsp3) is 0.471. The van der Waals surface area contributed by atoms with E-state index in [1.54, 1.807) is 0 Å². The zero-order valence-corrected chi connectivity index (χ0v) is 12.4. The number of ether oxygens (including phenoxy) is 1. The predicted octanol–water partition coefficient (Wildman–Crippen LogP) is 2.79. The second-order valence-electron chi connectivity index (χ2n) is 5.83. The van der Waals surface area contributed by atoms with Crippen molar-refractivity contribution in [3.05, 3.63) is 41.5 Å². The van der Waals surface area contributed by atoms with Gasteiger partial charge in [-0.1, -0.05) is 0 Å². The third-order valence-electron chi connectivity index (χ3n) is 4.26. The van der Waals surface area contributed by atoms with Gasteiger partial charge in [-0.2, -0.15) is 0 Å². The van der Waals surface area contributed by atoms with Gasteiger partial charge in [0, 0.05) is 36.8 Å². The highest BCUT2D eigenvalue weighted by Crippen LogP contribution is 2.41. The second-order valence-corrected chi connectivity index (χ2v) is 5.83. The van der Waals surface area contributed by atoms with Crippen molar-refractivity contribution in [1.82, 2.24) is 14.9 Å². The summed E-state index contributed by atoms with van der Waals surface area (Å²) in [5.74, 6) is 2.85. The lowest BCUT2D eigenvalue weighted by Gasteiger charge is -2.16. The molecule has 4 rings (SSSR count). The van der Waals surface area contributed by atoms with Crippen LogP contribution >= 0.6 is 0 Å². The highest BCUT2D eigenvalue weighted by atomic mass is 16.5. The molecule has 1 aromatic heterocycles. The fourth-order valence-electron chi connectivity index (χ4n) is 3.09. The van der Waals surface area contributed by atoms with Gasteiger partial charge in [-0.25, -0.2) is 4.98 Å². The van der Waals surface area contributed by atoms with Crippen LogP contribution in [0.3, 0.4) is 0 Å². The van der Waals surface area contributed by atoms with Crippen molar-refractivity contribution in [2.75, 3.05) is 13.2 Å². The molecule has 0 unspecified atom stereocenters. The average molecular weight is 283 g/mol. The Hall–Kier alpha value is -1.81. The minimum Gasteiger partial charge on any atom is -0.494 e. The van der Waals surface area contributed by atoms with E-state index in [9.17, 15) is 0 Å². The number of benzene rings is 1. The zero-order chi connectivity index (χ0) is 14.2. The molecule has 1 N–H and O–H groups in total. The third kappa shape index (κ3) is 2.33. The molecular formula is C17H21N3O. The molecule has 110 valence electrons. The topological polar surface area (TPSA) is 39.1 Å². The summed E-state index contributed by atoms with van der Waals surface area (Å²) in [7, 11) is 0. The maximum Gasteiger partial charge on any atom is 0.119 e. The van der Waals surface area contributed by atoms with Gasteiger partial charge in [0.2, 0.25) is 0 Å². The molecule has 0 radical (unpaired) electrons. The van der Waals surface area contributed by atoms with Crippen LogP contribution in [0.4, 0.5) is 0 Å². The van der Waals surface area contributed by atoms with E-state index in [0.717, 1.165) is 25.3 Å². The molecule has 0 bridgehead atoms. The highest BCUT2D eigenvalue weighted by Gasteiger charge is 2.32. The van der Waals surface area contributed by atoms with Crippen molar-refractivity contribution < 1.29 is 4.74 Å². The maximum atomic E-state index is 5.55. The molecule has 1 aliphatic carbocycles. The molecule has 1 saturated carbocycles. The van der Waals surface area contributed by atoms with Crippen LogP contribution in [0.2, 0.25) is 0 Å². The minimum atomic E-state index is 0.655. The minimum absolute atomic E-state index is 0.655. The van der Waals surface area contributed by atoms with Crippen LogP contribution in [-0.2, 0) is 13.0 Å². The highest BCUT2D eigenvalue weighted by molar-refractivity contribution is 5.43. The van der Waals surface area contributed by atoms with E-state index in [1.165, 1.54) is 35.7 Å². The van der Waals surface area contributed by atoms with Crippen LogP contribution in [0.5, 0.6) is 5.75 Å². The summed E-state index contributed by atoms with van der Waals surface area (Å²) in [5.41, 5.74) is 3.84. The Morgan fingerprint density at radius 3 is 2.81 bits per heavy atom. The zero-order valence-electron chi connectivity index (χ0n) is 12.4. The summed E-state index contributed by atoms with van der Waals surface area (Å²) in [6.45, 7) is 4.66. The van der Waals surface area contributed by atoms with Crippen molar-refractivity contribution in [3.8, 4) is 11.4 Å². The Morgan fingerprint density at radius 1 is 1.29 bits per heavy atom. The fourth-order valence-corrected chi connectivity index (χ4v) is 3.09. The molecule has 0 amide bonds. The molecule has 4 nitrogen and oxygen atoms in total. The van der Waals surface area contributed by atoms with Crippen LogP contribution < -0.4 is 10.1 Å². The number of aromatic nitrogens is 2.